The van der Waals surface area contributed by atoms with Crippen molar-refractivity contribution in [2.24, 2.45) is 5.92 Å². The summed E-state index contributed by atoms with van der Waals surface area (Å²) in [4.78, 5) is 18.2. The molecule has 1 fully saturated rings. The van der Waals surface area contributed by atoms with Crippen LogP contribution < -0.4 is 11.1 Å². The summed E-state index contributed by atoms with van der Waals surface area (Å²) in [5.74, 6) is 0.951. The number of nitrogens with two attached hydrogens (primary N) is 1. The van der Waals surface area contributed by atoms with Gasteiger partial charge in [-0.1, -0.05) is 6.92 Å². The van der Waals surface area contributed by atoms with Gasteiger partial charge in [0.2, 0.25) is 11.8 Å². The maximum absolute atomic E-state index is 11.0. The Kier molecular flexibility index (Phi) is 2.83. The van der Waals surface area contributed by atoms with Gasteiger partial charge in [-0.15, -0.1) is 0 Å². The molecule has 92 valence electrons. The summed E-state index contributed by atoms with van der Waals surface area (Å²) in [5.41, 5.74) is 5.71. The van der Waals surface area contributed by atoms with Crippen LogP contribution in [0.4, 0.5) is 17.5 Å². The van der Waals surface area contributed by atoms with Crippen LogP contribution >= 0.6 is 0 Å². The Balaban J connectivity index is 2.27. The fourth-order valence-electron chi connectivity index (χ4n) is 2.12. The average molecular weight is 237 g/mol. The molecule has 0 bridgehead atoms. The number of aryl methyl sites for hydroxylation is 1. The summed E-state index contributed by atoms with van der Waals surface area (Å²) in [6.45, 7) is 3.71. The van der Waals surface area contributed by atoms with Crippen LogP contribution in [-0.2, 0) is 0 Å². The second-order valence-electron chi connectivity index (χ2n) is 4.54. The van der Waals surface area contributed by atoms with Crippen molar-refractivity contribution in [3.63, 3.8) is 0 Å². The van der Waals surface area contributed by atoms with Gasteiger partial charge in [0.15, 0.2) is 0 Å². The van der Waals surface area contributed by atoms with Crippen molar-refractivity contribution in [2.75, 3.05) is 11.1 Å². The van der Waals surface area contributed by atoms with Crippen molar-refractivity contribution in [1.29, 1.82) is 0 Å². The summed E-state index contributed by atoms with van der Waals surface area (Å²) >= 11 is 0. The van der Waals surface area contributed by atoms with Crippen LogP contribution in [0.2, 0.25) is 0 Å². The highest BCUT2D eigenvalue weighted by Crippen LogP contribution is 2.33. The molecule has 0 aliphatic heterocycles. The zero-order valence-corrected chi connectivity index (χ0v) is 9.80. The minimum Gasteiger partial charge on any atom is -0.368 e. The lowest BCUT2D eigenvalue weighted by Crippen LogP contribution is -2.34. The molecule has 1 aliphatic rings. The normalized spacial score (nSPS) is 22.9. The van der Waals surface area contributed by atoms with Gasteiger partial charge in [-0.3, -0.25) is 10.1 Å². The van der Waals surface area contributed by atoms with Gasteiger partial charge in [-0.25, -0.2) is 4.98 Å². The van der Waals surface area contributed by atoms with Crippen molar-refractivity contribution in [3.8, 4) is 0 Å². The number of nitrogens with one attached hydrogen (secondary N) is 1. The zero-order chi connectivity index (χ0) is 12.6. The van der Waals surface area contributed by atoms with Crippen LogP contribution in [0, 0.1) is 23.0 Å². The SMILES string of the molecule is Cc1nc(N)nc(NC2CC(C)C2)c1[N+](=O)[O-]. The molecule has 17 heavy (non-hydrogen) atoms. The third kappa shape index (κ3) is 2.27. The van der Waals surface area contributed by atoms with Gasteiger partial charge < -0.3 is 11.1 Å². The van der Waals surface area contributed by atoms with E-state index in [2.05, 4.69) is 22.2 Å². The molecule has 1 heterocycles. The van der Waals surface area contributed by atoms with Gasteiger partial charge in [-0.05, 0) is 25.7 Å². The molecule has 3 N–H and O–H groups in total. The summed E-state index contributed by atoms with van der Waals surface area (Å²) in [6, 6.07) is 0.248. The molecule has 1 saturated carbocycles. The van der Waals surface area contributed by atoms with Gasteiger partial charge in [0, 0.05) is 6.04 Å². The van der Waals surface area contributed by atoms with E-state index >= 15 is 0 Å². The highest BCUT2D eigenvalue weighted by Gasteiger charge is 2.29. The van der Waals surface area contributed by atoms with Crippen LogP contribution in [0.15, 0.2) is 0 Å². The highest BCUT2D eigenvalue weighted by atomic mass is 16.6. The Morgan fingerprint density at radius 1 is 1.47 bits per heavy atom. The molecule has 0 amide bonds. The number of rotatable bonds is 3. The van der Waals surface area contributed by atoms with Gasteiger partial charge >= 0.3 is 5.69 Å². The minimum atomic E-state index is -0.473. The molecule has 7 nitrogen and oxygen atoms in total. The molecule has 0 spiro atoms. The van der Waals surface area contributed by atoms with E-state index in [4.69, 9.17) is 5.73 Å². The molecule has 1 aromatic heterocycles. The molecule has 0 radical (unpaired) electrons. The first-order chi connectivity index (χ1) is 7.97. The van der Waals surface area contributed by atoms with Gasteiger partial charge in [0.25, 0.3) is 0 Å². The Morgan fingerprint density at radius 2 is 2.12 bits per heavy atom. The summed E-state index contributed by atoms with van der Waals surface area (Å²) in [6.07, 6.45) is 2.00. The van der Waals surface area contributed by atoms with Gasteiger partial charge in [-0.2, -0.15) is 4.98 Å². The first-order valence-corrected chi connectivity index (χ1v) is 5.52. The van der Waals surface area contributed by atoms with Crippen LogP contribution in [0.3, 0.4) is 0 Å². The molecule has 0 saturated heterocycles. The molecule has 0 atom stereocenters. The van der Waals surface area contributed by atoms with Crippen LogP contribution in [0.1, 0.15) is 25.5 Å². The summed E-state index contributed by atoms with van der Waals surface area (Å²) in [5, 5.41) is 14.0. The van der Waals surface area contributed by atoms with E-state index in [9.17, 15) is 10.1 Å². The van der Waals surface area contributed by atoms with E-state index in [-0.39, 0.29) is 29.2 Å². The van der Waals surface area contributed by atoms with Crippen molar-refractivity contribution in [2.45, 2.75) is 32.7 Å². The smallest absolute Gasteiger partial charge is 0.332 e. The van der Waals surface area contributed by atoms with E-state index in [1.54, 1.807) is 6.92 Å². The predicted molar refractivity (Wildman–Crippen MR) is 63.6 cm³/mol. The number of nitro groups is 1. The lowest BCUT2D eigenvalue weighted by atomic mass is 9.82. The Labute approximate surface area is 98.6 Å². The molecule has 7 heteroatoms. The quantitative estimate of drug-likeness (QED) is 0.609. The molecule has 0 aromatic carbocycles. The maximum Gasteiger partial charge on any atom is 0.332 e. The zero-order valence-electron chi connectivity index (χ0n) is 9.80. The predicted octanol–water partition coefficient (Wildman–Crippen LogP) is 1.49. The second kappa shape index (κ2) is 4.15. The van der Waals surface area contributed by atoms with Crippen molar-refractivity contribution in [3.05, 3.63) is 15.8 Å². The van der Waals surface area contributed by atoms with E-state index < -0.39 is 4.92 Å². The van der Waals surface area contributed by atoms with Crippen molar-refractivity contribution < 1.29 is 4.92 Å². The number of anilines is 2. The first-order valence-electron chi connectivity index (χ1n) is 5.52. The molecule has 1 aromatic rings. The minimum absolute atomic E-state index is 0.0583. The van der Waals surface area contributed by atoms with Crippen LogP contribution in [-0.4, -0.2) is 20.9 Å². The average Bonchev–Trinajstić information content (AvgIpc) is 2.13. The molecular formula is C10H15N5O2. The lowest BCUT2D eigenvalue weighted by molar-refractivity contribution is -0.385. The summed E-state index contributed by atoms with van der Waals surface area (Å²) < 4.78 is 0. The number of aromatic nitrogens is 2. The van der Waals surface area contributed by atoms with Crippen LogP contribution in [0.25, 0.3) is 0 Å². The Hall–Kier alpha value is -1.92. The third-order valence-electron chi connectivity index (χ3n) is 2.97. The lowest BCUT2D eigenvalue weighted by Gasteiger charge is -2.33. The molecule has 2 rings (SSSR count). The Morgan fingerprint density at radius 3 is 2.65 bits per heavy atom. The monoisotopic (exact) mass is 237 g/mol. The van der Waals surface area contributed by atoms with Crippen molar-refractivity contribution in [1.82, 2.24) is 9.97 Å². The number of hydrogen-bond acceptors (Lipinski definition) is 6. The first kappa shape index (κ1) is 11.6. The number of nitrogen functional groups attached to an aromatic ring is 1. The molecule has 1 aliphatic carbocycles. The van der Waals surface area contributed by atoms with E-state index in [0.29, 0.717) is 5.92 Å². The fraction of sp³-hybridized carbons (Fsp3) is 0.600. The molecular weight excluding hydrogens is 222 g/mol. The van der Waals surface area contributed by atoms with Gasteiger partial charge in [0.05, 0.1) is 4.92 Å². The van der Waals surface area contributed by atoms with E-state index in [1.807, 2.05) is 0 Å². The Bertz CT molecular complexity index is 456. The fourth-order valence-corrected chi connectivity index (χ4v) is 2.12. The highest BCUT2D eigenvalue weighted by molar-refractivity contribution is 5.60. The summed E-state index contributed by atoms with van der Waals surface area (Å²) in [7, 11) is 0. The van der Waals surface area contributed by atoms with Crippen LogP contribution in [0.5, 0.6) is 0 Å². The number of hydrogen-bond donors (Lipinski definition) is 2. The maximum atomic E-state index is 11.0. The number of nitrogens with zero attached hydrogens (tertiary/aromatic N) is 3. The largest absolute Gasteiger partial charge is 0.368 e. The third-order valence-corrected chi connectivity index (χ3v) is 2.97. The second-order valence-corrected chi connectivity index (χ2v) is 4.54. The van der Waals surface area contributed by atoms with Gasteiger partial charge in [0.1, 0.15) is 5.69 Å². The standard InChI is InChI=1S/C10H15N5O2/c1-5-3-7(4-5)13-9-8(15(16)17)6(2)12-10(11)14-9/h5,7H,3-4H2,1-2H3,(H3,11,12,13,14). The molecule has 0 unspecified atom stereocenters. The van der Waals surface area contributed by atoms with E-state index in [1.165, 1.54) is 0 Å². The van der Waals surface area contributed by atoms with E-state index in [0.717, 1.165) is 12.8 Å². The van der Waals surface area contributed by atoms with Crippen molar-refractivity contribution >= 4 is 17.5 Å². The topological polar surface area (TPSA) is 107 Å².